The normalized spacial score (nSPS) is 14.5. The van der Waals surface area contributed by atoms with E-state index in [-0.39, 0.29) is 24.8 Å². The molecule has 0 aromatic heterocycles. The largest absolute Gasteiger partial charge is 0.497 e. The van der Waals surface area contributed by atoms with Crippen LogP contribution in [0.3, 0.4) is 0 Å². The van der Waals surface area contributed by atoms with Crippen LogP contribution >= 0.6 is 36.4 Å². The second-order valence-corrected chi connectivity index (χ2v) is 9.18. The van der Waals surface area contributed by atoms with Crippen LogP contribution in [0, 0.1) is 0 Å². The summed E-state index contributed by atoms with van der Waals surface area (Å²) in [7, 11) is 5.11. The van der Waals surface area contributed by atoms with Crippen LogP contribution in [0.1, 0.15) is 55.7 Å². The van der Waals surface area contributed by atoms with Gasteiger partial charge in [-0.25, -0.2) is 5.01 Å². The highest BCUT2D eigenvalue weighted by Crippen LogP contribution is 2.38. The van der Waals surface area contributed by atoms with E-state index in [2.05, 4.69) is 29.5 Å². The standard InChI is InChI=1S/C27H39ClN2O3.2ClH/c1-5-6-7-8-15-30(29-14-13-20-16-22(28)19-24(17-20)31-2)23-10-11-25-21(18-23)9-12-26(32-3)27(25)33-4;;/h9,12,16-17,19,23,29H,5-8,10-11,13-15,18H2,1-4H3;2*1H. The fraction of sp³-hybridized carbons (Fsp3) is 0.556. The Kier molecular flexibility index (Phi) is 14.8. The van der Waals surface area contributed by atoms with E-state index in [1.54, 1.807) is 21.3 Å². The van der Waals surface area contributed by atoms with Crippen molar-refractivity contribution in [3.8, 4) is 17.2 Å². The first kappa shape index (κ1) is 31.7. The average Bonchev–Trinajstić information content (AvgIpc) is 2.83. The molecule has 0 spiro atoms. The Balaban J connectivity index is 0.00000306. The van der Waals surface area contributed by atoms with Gasteiger partial charge in [0, 0.05) is 29.7 Å². The van der Waals surface area contributed by atoms with Crippen LogP contribution in [0.4, 0.5) is 0 Å². The Morgan fingerprint density at radius 2 is 1.80 bits per heavy atom. The molecule has 0 heterocycles. The van der Waals surface area contributed by atoms with Gasteiger partial charge in [-0.05, 0) is 67.5 Å². The van der Waals surface area contributed by atoms with Crippen LogP contribution in [0.15, 0.2) is 30.3 Å². The van der Waals surface area contributed by atoms with Gasteiger partial charge in [-0.3, -0.25) is 5.43 Å². The maximum atomic E-state index is 6.25. The predicted molar refractivity (Wildman–Crippen MR) is 150 cm³/mol. The van der Waals surface area contributed by atoms with Crippen LogP contribution in [0.5, 0.6) is 17.2 Å². The molecule has 0 saturated carbocycles. The topological polar surface area (TPSA) is 43.0 Å². The van der Waals surface area contributed by atoms with E-state index in [4.69, 9.17) is 25.8 Å². The van der Waals surface area contributed by atoms with Gasteiger partial charge < -0.3 is 14.2 Å². The number of hydrazine groups is 1. The summed E-state index contributed by atoms with van der Waals surface area (Å²) >= 11 is 6.25. The number of nitrogens with one attached hydrogen (secondary N) is 1. The highest BCUT2D eigenvalue weighted by Gasteiger charge is 2.27. The third-order valence-electron chi connectivity index (χ3n) is 6.52. The van der Waals surface area contributed by atoms with Gasteiger partial charge in [0.2, 0.25) is 0 Å². The van der Waals surface area contributed by atoms with Gasteiger partial charge in [0.05, 0.1) is 21.3 Å². The molecule has 35 heavy (non-hydrogen) atoms. The highest BCUT2D eigenvalue weighted by atomic mass is 35.5. The smallest absolute Gasteiger partial charge is 0.164 e. The molecule has 2 aromatic carbocycles. The first-order chi connectivity index (χ1) is 16.1. The lowest BCUT2D eigenvalue weighted by Gasteiger charge is -2.36. The van der Waals surface area contributed by atoms with E-state index in [1.165, 1.54) is 42.4 Å². The molecule has 0 bridgehead atoms. The molecule has 8 heteroatoms. The quantitative estimate of drug-likeness (QED) is 0.223. The molecule has 3 rings (SSSR count). The van der Waals surface area contributed by atoms with Crippen LogP contribution in [0.2, 0.25) is 5.02 Å². The first-order valence-corrected chi connectivity index (χ1v) is 12.5. The molecule has 1 N–H and O–H groups in total. The van der Waals surface area contributed by atoms with Gasteiger partial charge >= 0.3 is 0 Å². The van der Waals surface area contributed by atoms with Crippen LogP contribution in [-0.2, 0) is 19.3 Å². The van der Waals surface area contributed by atoms with Gasteiger partial charge in [0.25, 0.3) is 0 Å². The molecule has 5 nitrogen and oxygen atoms in total. The Morgan fingerprint density at radius 3 is 2.49 bits per heavy atom. The predicted octanol–water partition coefficient (Wildman–Crippen LogP) is 6.70. The Bertz CT molecular complexity index is 898. The number of hydrogen-bond donors (Lipinski definition) is 1. The molecule has 0 amide bonds. The fourth-order valence-electron chi connectivity index (χ4n) is 4.76. The van der Waals surface area contributed by atoms with Crippen molar-refractivity contribution in [2.45, 2.75) is 64.3 Å². The van der Waals surface area contributed by atoms with E-state index < -0.39 is 0 Å². The van der Waals surface area contributed by atoms with Crippen molar-refractivity contribution in [1.29, 1.82) is 0 Å². The summed E-state index contributed by atoms with van der Waals surface area (Å²) in [6.45, 7) is 4.19. The number of nitrogens with zero attached hydrogens (tertiary/aromatic N) is 1. The highest BCUT2D eigenvalue weighted by molar-refractivity contribution is 6.30. The van der Waals surface area contributed by atoms with Crippen molar-refractivity contribution in [2.24, 2.45) is 0 Å². The molecule has 1 aliphatic carbocycles. The van der Waals surface area contributed by atoms with Gasteiger partial charge in [-0.2, -0.15) is 0 Å². The molecule has 0 fully saturated rings. The van der Waals surface area contributed by atoms with Crippen molar-refractivity contribution < 1.29 is 14.2 Å². The third-order valence-corrected chi connectivity index (χ3v) is 6.74. The lowest BCUT2D eigenvalue weighted by Crippen LogP contribution is -2.49. The van der Waals surface area contributed by atoms with Gasteiger partial charge in [-0.1, -0.05) is 43.9 Å². The molecule has 198 valence electrons. The van der Waals surface area contributed by atoms with Crippen LogP contribution < -0.4 is 19.6 Å². The summed E-state index contributed by atoms with van der Waals surface area (Å²) < 4.78 is 16.6. The minimum Gasteiger partial charge on any atom is -0.497 e. The number of hydrogen-bond acceptors (Lipinski definition) is 5. The van der Waals surface area contributed by atoms with E-state index >= 15 is 0 Å². The lowest BCUT2D eigenvalue weighted by atomic mass is 9.87. The first-order valence-electron chi connectivity index (χ1n) is 12.2. The SMILES string of the molecule is CCCCCCN(NCCc1cc(Cl)cc(OC)c1)C1CCc2c(ccc(OC)c2OC)C1.Cl.Cl. The summed E-state index contributed by atoms with van der Waals surface area (Å²) in [6, 6.07) is 10.6. The monoisotopic (exact) mass is 546 g/mol. The van der Waals surface area contributed by atoms with E-state index in [0.29, 0.717) is 11.1 Å². The Hall–Kier alpha value is -1.37. The number of halogens is 3. The van der Waals surface area contributed by atoms with Crippen LogP contribution in [-0.4, -0.2) is 45.5 Å². The summed E-state index contributed by atoms with van der Waals surface area (Å²) in [5.74, 6) is 2.52. The van der Waals surface area contributed by atoms with Crippen molar-refractivity contribution in [1.82, 2.24) is 10.4 Å². The van der Waals surface area contributed by atoms with Gasteiger partial charge in [0.15, 0.2) is 11.5 Å². The van der Waals surface area contributed by atoms with E-state index in [9.17, 15) is 0 Å². The summed E-state index contributed by atoms with van der Waals surface area (Å²) in [5, 5.41) is 3.20. The van der Waals surface area contributed by atoms with Crippen molar-refractivity contribution in [3.05, 3.63) is 52.0 Å². The Morgan fingerprint density at radius 1 is 1.00 bits per heavy atom. The number of ether oxygens (including phenoxy) is 3. The fourth-order valence-corrected chi connectivity index (χ4v) is 5.00. The molecule has 0 radical (unpaired) electrons. The third kappa shape index (κ3) is 8.91. The minimum absolute atomic E-state index is 0. The van der Waals surface area contributed by atoms with Crippen molar-refractivity contribution >= 4 is 36.4 Å². The minimum atomic E-state index is 0. The zero-order valence-corrected chi connectivity index (χ0v) is 23.8. The maximum Gasteiger partial charge on any atom is 0.164 e. The summed E-state index contributed by atoms with van der Waals surface area (Å²) in [4.78, 5) is 0. The summed E-state index contributed by atoms with van der Waals surface area (Å²) in [5.41, 5.74) is 7.59. The number of benzene rings is 2. The maximum absolute atomic E-state index is 6.25. The molecule has 1 aliphatic rings. The zero-order chi connectivity index (χ0) is 23.6. The zero-order valence-electron chi connectivity index (χ0n) is 21.4. The molecular formula is C27H41Cl3N2O3. The van der Waals surface area contributed by atoms with Crippen molar-refractivity contribution in [2.75, 3.05) is 34.4 Å². The molecule has 1 atom stereocenters. The van der Waals surface area contributed by atoms with Gasteiger partial charge in [-0.15, -0.1) is 24.8 Å². The second-order valence-electron chi connectivity index (χ2n) is 8.75. The van der Waals surface area contributed by atoms with E-state index in [1.807, 2.05) is 18.2 Å². The van der Waals surface area contributed by atoms with E-state index in [0.717, 1.165) is 56.0 Å². The molecule has 0 aliphatic heterocycles. The molecule has 1 unspecified atom stereocenters. The number of rotatable bonds is 13. The molecule has 2 aromatic rings. The second kappa shape index (κ2) is 16.4. The number of fused-ring (bicyclic) bond motifs is 1. The molecular weight excluding hydrogens is 507 g/mol. The summed E-state index contributed by atoms with van der Waals surface area (Å²) in [6.07, 6.45) is 9.04. The average molecular weight is 548 g/mol. The van der Waals surface area contributed by atoms with Gasteiger partial charge in [0.1, 0.15) is 5.75 Å². The molecule has 0 saturated heterocycles. The van der Waals surface area contributed by atoms with Crippen LogP contribution in [0.25, 0.3) is 0 Å². The van der Waals surface area contributed by atoms with Crippen molar-refractivity contribution in [3.63, 3.8) is 0 Å². The number of methoxy groups -OCH3 is 3. The number of unbranched alkanes of at least 4 members (excludes halogenated alkanes) is 3. The lowest BCUT2D eigenvalue weighted by molar-refractivity contribution is 0.109. The Labute approximate surface area is 228 Å².